The summed E-state index contributed by atoms with van der Waals surface area (Å²) in [5, 5.41) is 17.2. The van der Waals surface area contributed by atoms with Crippen LogP contribution in [0.4, 0.5) is 0 Å². The van der Waals surface area contributed by atoms with E-state index in [4.69, 9.17) is 5.11 Å². The van der Waals surface area contributed by atoms with Crippen molar-refractivity contribution in [2.45, 2.75) is 26.7 Å². The SMILES string of the molecule is CCCO.CCC[O-]. The van der Waals surface area contributed by atoms with Crippen LogP contribution in [0.25, 0.3) is 0 Å². The highest BCUT2D eigenvalue weighted by molar-refractivity contribution is 4.10. The van der Waals surface area contributed by atoms with Gasteiger partial charge in [-0.25, -0.2) is 0 Å². The van der Waals surface area contributed by atoms with Crippen LogP contribution in [0.1, 0.15) is 26.7 Å². The predicted octanol–water partition coefficient (Wildman–Crippen LogP) is 0.145. The van der Waals surface area contributed by atoms with Crippen molar-refractivity contribution in [1.82, 2.24) is 0 Å². The van der Waals surface area contributed by atoms with Gasteiger partial charge in [0.15, 0.2) is 0 Å². The topological polar surface area (TPSA) is 43.3 Å². The van der Waals surface area contributed by atoms with Gasteiger partial charge in [0, 0.05) is 6.61 Å². The van der Waals surface area contributed by atoms with Gasteiger partial charge in [-0.15, -0.1) is 6.61 Å². The Morgan fingerprint density at radius 2 is 1.50 bits per heavy atom. The largest absolute Gasteiger partial charge is 0.854 e. The summed E-state index contributed by atoms with van der Waals surface area (Å²) in [4.78, 5) is 0. The van der Waals surface area contributed by atoms with Gasteiger partial charge in [-0.3, -0.25) is 0 Å². The van der Waals surface area contributed by atoms with E-state index in [1.165, 1.54) is 0 Å². The molecule has 0 amide bonds. The summed E-state index contributed by atoms with van der Waals surface area (Å²) in [7, 11) is 0. The first-order valence-corrected chi connectivity index (χ1v) is 3.02. The van der Waals surface area contributed by atoms with Crippen molar-refractivity contribution in [3.63, 3.8) is 0 Å². The lowest BCUT2D eigenvalue weighted by atomic mass is 10.5. The summed E-state index contributed by atoms with van der Waals surface area (Å²) in [6, 6.07) is 0. The second kappa shape index (κ2) is 15.8. The Balaban J connectivity index is 0. The Labute approximate surface area is 51.2 Å². The summed E-state index contributed by atoms with van der Waals surface area (Å²) >= 11 is 0. The van der Waals surface area contributed by atoms with Gasteiger partial charge < -0.3 is 10.2 Å². The minimum Gasteiger partial charge on any atom is -0.854 e. The van der Waals surface area contributed by atoms with Gasteiger partial charge in [0.1, 0.15) is 0 Å². The van der Waals surface area contributed by atoms with E-state index in [0.717, 1.165) is 12.8 Å². The quantitative estimate of drug-likeness (QED) is 0.562. The first-order valence-electron chi connectivity index (χ1n) is 3.02. The molecule has 0 aromatic carbocycles. The zero-order valence-electron chi connectivity index (χ0n) is 5.68. The van der Waals surface area contributed by atoms with E-state index in [1.807, 2.05) is 13.8 Å². The van der Waals surface area contributed by atoms with Crippen LogP contribution in [0.2, 0.25) is 0 Å². The van der Waals surface area contributed by atoms with Crippen LogP contribution < -0.4 is 5.11 Å². The fraction of sp³-hybridized carbons (Fsp3) is 1.00. The van der Waals surface area contributed by atoms with Crippen LogP contribution in [0.3, 0.4) is 0 Å². The fourth-order valence-electron chi connectivity index (χ4n) is 0. The monoisotopic (exact) mass is 119 g/mol. The summed E-state index contributed by atoms with van der Waals surface area (Å²) in [6.07, 6.45) is 1.64. The second-order valence-electron chi connectivity index (χ2n) is 1.43. The van der Waals surface area contributed by atoms with Crippen LogP contribution in [0.5, 0.6) is 0 Å². The molecule has 0 aliphatic heterocycles. The Morgan fingerprint density at radius 1 is 1.25 bits per heavy atom. The highest BCUT2D eigenvalue weighted by Gasteiger charge is 1.57. The van der Waals surface area contributed by atoms with Crippen LogP contribution in [0, 0.1) is 0 Å². The molecule has 0 saturated heterocycles. The summed E-state index contributed by atoms with van der Waals surface area (Å²) < 4.78 is 0. The minimum absolute atomic E-state index is 0.0694. The van der Waals surface area contributed by atoms with E-state index < -0.39 is 0 Å². The zero-order chi connectivity index (χ0) is 6.83. The van der Waals surface area contributed by atoms with Gasteiger partial charge in [-0.2, -0.15) is 0 Å². The van der Waals surface area contributed by atoms with Gasteiger partial charge in [-0.1, -0.05) is 20.3 Å². The Kier molecular flexibility index (Phi) is 21.3. The molecule has 8 heavy (non-hydrogen) atoms. The second-order valence-corrected chi connectivity index (χ2v) is 1.43. The Morgan fingerprint density at radius 3 is 1.50 bits per heavy atom. The van der Waals surface area contributed by atoms with Crippen LogP contribution in [-0.4, -0.2) is 18.3 Å². The number of hydrogen-bond donors (Lipinski definition) is 1. The molecule has 0 heterocycles. The van der Waals surface area contributed by atoms with Crippen molar-refractivity contribution in [1.29, 1.82) is 0 Å². The minimum atomic E-state index is 0.0694. The lowest BCUT2D eigenvalue weighted by Crippen LogP contribution is -2.01. The lowest BCUT2D eigenvalue weighted by molar-refractivity contribution is -0.367. The maximum Gasteiger partial charge on any atom is 0.0428 e. The normalized spacial score (nSPS) is 7.50. The zero-order valence-corrected chi connectivity index (χ0v) is 5.68. The molecule has 2 heteroatoms. The van der Waals surface area contributed by atoms with E-state index in [9.17, 15) is 5.11 Å². The Bertz CT molecular complexity index is 14.5. The van der Waals surface area contributed by atoms with Gasteiger partial charge >= 0.3 is 0 Å². The summed E-state index contributed by atoms with van der Waals surface area (Å²) in [5.41, 5.74) is 0. The third-order valence-electron chi connectivity index (χ3n) is 0.428. The van der Waals surface area contributed by atoms with Crippen molar-refractivity contribution in [2.75, 3.05) is 13.2 Å². The summed E-state index contributed by atoms with van der Waals surface area (Å²) in [6.45, 7) is 4.19. The molecule has 2 nitrogen and oxygen atoms in total. The molecule has 0 spiro atoms. The van der Waals surface area contributed by atoms with Crippen LogP contribution in [0.15, 0.2) is 0 Å². The molecular formula is C6H15O2-. The van der Waals surface area contributed by atoms with Crippen LogP contribution in [-0.2, 0) is 0 Å². The molecular weight excluding hydrogens is 104 g/mol. The lowest BCUT2D eigenvalue weighted by Gasteiger charge is -1.89. The number of rotatable bonds is 2. The third-order valence-corrected chi connectivity index (χ3v) is 0.428. The smallest absolute Gasteiger partial charge is 0.0428 e. The average Bonchev–Trinajstić information content (AvgIpc) is 1.88. The van der Waals surface area contributed by atoms with E-state index in [2.05, 4.69) is 0 Å². The number of aliphatic hydroxyl groups excluding tert-OH is 1. The molecule has 0 unspecified atom stereocenters. The molecule has 0 aromatic rings. The van der Waals surface area contributed by atoms with Crippen molar-refractivity contribution < 1.29 is 10.2 Å². The molecule has 0 radical (unpaired) electrons. The molecule has 0 fully saturated rings. The van der Waals surface area contributed by atoms with Crippen molar-refractivity contribution >= 4 is 0 Å². The van der Waals surface area contributed by atoms with Crippen molar-refractivity contribution in [3.05, 3.63) is 0 Å². The number of hydrogen-bond acceptors (Lipinski definition) is 2. The first kappa shape index (κ1) is 10.8. The van der Waals surface area contributed by atoms with Gasteiger partial charge in [0.2, 0.25) is 0 Å². The molecule has 0 aromatic heterocycles. The van der Waals surface area contributed by atoms with E-state index in [1.54, 1.807) is 0 Å². The average molecular weight is 119 g/mol. The molecule has 52 valence electrons. The predicted molar refractivity (Wildman–Crippen MR) is 32.5 cm³/mol. The van der Waals surface area contributed by atoms with Gasteiger partial charge in [0.25, 0.3) is 0 Å². The van der Waals surface area contributed by atoms with Gasteiger partial charge in [0.05, 0.1) is 0 Å². The third kappa shape index (κ3) is 38.9. The molecule has 0 aliphatic rings. The maximum absolute atomic E-state index is 9.30. The molecule has 0 bridgehead atoms. The summed E-state index contributed by atoms with van der Waals surface area (Å²) in [5.74, 6) is 0. The highest BCUT2D eigenvalue weighted by Crippen LogP contribution is 1.61. The highest BCUT2D eigenvalue weighted by atomic mass is 16.3. The van der Waals surface area contributed by atoms with E-state index in [0.29, 0.717) is 6.61 Å². The van der Waals surface area contributed by atoms with Crippen LogP contribution >= 0.6 is 0 Å². The van der Waals surface area contributed by atoms with Crippen molar-refractivity contribution in [2.24, 2.45) is 0 Å². The van der Waals surface area contributed by atoms with E-state index >= 15 is 0 Å². The molecule has 0 saturated carbocycles. The first-order chi connectivity index (χ1) is 3.83. The molecule has 0 atom stereocenters. The number of aliphatic hydroxyl groups is 1. The van der Waals surface area contributed by atoms with Crippen molar-refractivity contribution in [3.8, 4) is 0 Å². The Hall–Kier alpha value is -0.0800. The van der Waals surface area contributed by atoms with Gasteiger partial charge in [-0.05, 0) is 6.42 Å². The molecule has 1 N–H and O–H groups in total. The molecule has 0 aliphatic carbocycles. The standard InChI is InChI=1S/C3H8O.C3H7O/c2*1-2-3-4/h4H,2-3H2,1H3;2-3H2,1H3/q;-1. The molecule has 0 rings (SSSR count). The van der Waals surface area contributed by atoms with E-state index in [-0.39, 0.29) is 6.61 Å². The fourth-order valence-corrected chi connectivity index (χ4v) is 0. The maximum atomic E-state index is 9.30.